The summed E-state index contributed by atoms with van der Waals surface area (Å²) in [5.41, 5.74) is 18.1. The predicted molar refractivity (Wildman–Crippen MR) is 276 cm³/mol. The van der Waals surface area contributed by atoms with Crippen molar-refractivity contribution >= 4 is 16.7 Å². The Morgan fingerprint density at radius 3 is 2.22 bits per heavy atom. The highest BCUT2D eigenvalue weighted by Crippen LogP contribution is 2.42. The van der Waals surface area contributed by atoms with Gasteiger partial charge in [0.25, 0.3) is 0 Å². The highest BCUT2D eigenvalue weighted by atomic mass is 14.3. The summed E-state index contributed by atoms with van der Waals surface area (Å²) in [5, 5.41) is 0. The molecular weight excluding hydrogens is 757 g/mol. The van der Waals surface area contributed by atoms with Crippen LogP contribution in [0.4, 0.5) is 0 Å². The third kappa shape index (κ3) is 13.0. The summed E-state index contributed by atoms with van der Waals surface area (Å²) in [6.45, 7) is 11.7. The van der Waals surface area contributed by atoms with E-state index in [1.807, 2.05) is 0 Å². The van der Waals surface area contributed by atoms with E-state index in [0.29, 0.717) is 23.7 Å². The van der Waals surface area contributed by atoms with Gasteiger partial charge in [0.1, 0.15) is 0 Å². The Balaban J connectivity index is 1.04. The van der Waals surface area contributed by atoms with Gasteiger partial charge in [-0.2, -0.15) is 0 Å². The molecular formula is C63H72. The lowest BCUT2D eigenvalue weighted by Crippen LogP contribution is -2.12. The van der Waals surface area contributed by atoms with Crippen LogP contribution in [-0.4, -0.2) is 0 Å². The minimum Gasteiger partial charge on any atom is -0.0837 e. The Hall–Kier alpha value is -5.46. The highest BCUT2D eigenvalue weighted by Gasteiger charge is 2.24. The molecule has 4 atom stereocenters. The molecule has 4 aromatic carbocycles. The fourth-order valence-electron chi connectivity index (χ4n) is 9.93. The van der Waals surface area contributed by atoms with Gasteiger partial charge in [-0.15, -0.1) is 0 Å². The van der Waals surface area contributed by atoms with Gasteiger partial charge in [-0.3, -0.25) is 0 Å². The zero-order valence-corrected chi connectivity index (χ0v) is 39.0. The van der Waals surface area contributed by atoms with Crippen LogP contribution in [0.25, 0.3) is 27.8 Å². The molecule has 0 spiro atoms. The minimum absolute atomic E-state index is 0.457. The maximum Gasteiger partial charge on any atom is -0.0119 e. The van der Waals surface area contributed by atoms with Gasteiger partial charge in [-0.1, -0.05) is 202 Å². The van der Waals surface area contributed by atoms with Crippen LogP contribution in [-0.2, 0) is 0 Å². The highest BCUT2D eigenvalue weighted by molar-refractivity contribution is 5.80. The number of allylic oxidation sites excluding steroid dienone is 18. The Bertz CT molecular complexity index is 2400. The van der Waals surface area contributed by atoms with E-state index in [1.54, 1.807) is 5.57 Å². The molecule has 0 heterocycles. The van der Waals surface area contributed by atoms with Crippen molar-refractivity contribution in [1.29, 1.82) is 0 Å². The van der Waals surface area contributed by atoms with Crippen LogP contribution in [0.5, 0.6) is 0 Å². The fourth-order valence-corrected chi connectivity index (χ4v) is 9.93. The molecule has 4 aromatic rings. The van der Waals surface area contributed by atoms with Crippen LogP contribution in [0.15, 0.2) is 198 Å². The van der Waals surface area contributed by atoms with Crippen LogP contribution in [0.2, 0.25) is 0 Å². The molecule has 0 radical (unpaired) electrons. The zero-order chi connectivity index (χ0) is 43.8. The summed E-state index contributed by atoms with van der Waals surface area (Å²) in [6, 6.07) is 40.3. The van der Waals surface area contributed by atoms with Gasteiger partial charge in [0.2, 0.25) is 0 Å². The average molecular weight is 829 g/mol. The number of rotatable bonds is 18. The van der Waals surface area contributed by atoms with E-state index < -0.39 is 0 Å². The van der Waals surface area contributed by atoms with Crippen molar-refractivity contribution < 1.29 is 0 Å². The maximum absolute atomic E-state index is 2.58. The van der Waals surface area contributed by atoms with Crippen LogP contribution in [0.1, 0.15) is 140 Å². The molecule has 0 heteroatoms. The van der Waals surface area contributed by atoms with E-state index in [1.165, 1.54) is 86.1 Å². The molecule has 63 heavy (non-hydrogen) atoms. The SMILES string of the molecule is CC/C=C(\C=C/CC1C=C(c2cccc(-c3ccccc3)c2)C=C(C2=CCCC(c3ccccc3)C2)C1)CCC(C/C(C)=C/C=C(\C)c1cccc(C2=CCCC=C2)c1)[C@H](C)CC. The summed E-state index contributed by atoms with van der Waals surface area (Å²) >= 11 is 0. The molecule has 324 valence electrons. The number of hydrogen-bond donors (Lipinski definition) is 0. The van der Waals surface area contributed by atoms with Crippen LogP contribution >= 0.6 is 0 Å². The summed E-state index contributed by atoms with van der Waals surface area (Å²) < 4.78 is 0. The van der Waals surface area contributed by atoms with Crippen molar-refractivity contribution in [2.24, 2.45) is 17.8 Å². The molecule has 3 aliphatic rings. The van der Waals surface area contributed by atoms with Crippen LogP contribution < -0.4 is 0 Å². The second-order valence-electron chi connectivity index (χ2n) is 18.6. The molecule has 0 aromatic heterocycles. The van der Waals surface area contributed by atoms with E-state index in [2.05, 4.69) is 211 Å². The number of benzene rings is 4. The third-order valence-electron chi connectivity index (χ3n) is 13.9. The van der Waals surface area contributed by atoms with Gasteiger partial charge in [0.05, 0.1) is 0 Å². The molecule has 0 saturated heterocycles. The van der Waals surface area contributed by atoms with Crippen LogP contribution in [0.3, 0.4) is 0 Å². The first-order chi connectivity index (χ1) is 30.9. The Morgan fingerprint density at radius 2 is 1.46 bits per heavy atom. The minimum atomic E-state index is 0.457. The summed E-state index contributed by atoms with van der Waals surface area (Å²) in [5.74, 6) is 2.39. The molecule has 7 rings (SSSR count). The fraction of sp³-hybridized carbons (Fsp3) is 0.333. The third-order valence-corrected chi connectivity index (χ3v) is 13.9. The molecule has 0 saturated carbocycles. The van der Waals surface area contributed by atoms with Crippen molar-refractivity contribution in [3.05, 3.63) is 221 Å². The Morgan fingerprint density at radius 1 is 0.714 bits per heavy atom. The van der Waals surface area contributed by atoms with Crippen molar-refractivity contribution in [1.82, 2.24) is 0 Å². The van der Waals surface area contributed by atoms with Gasteiger partial charge in [0, 0.05) is 0 Å². The lowest BCUT2D eigenvalue weighted by Gasteiger charge is -2.29. The lowest BCUT2D eigenvalue weighted by molar-refractivity contribution is 0.325. The van der Waals surface area contributed by atoms with Crippen molar-refractivity contribution in [3.8, 4) is 11.1 Å². The summed E-state index contributed by atoms with van der Waals surface area (Å²) in [4.78, 5) is 0. The molecule has 0 aliphatic heterocycles. The van der Waals surface area contributed by atoms with Gasteiger partial charge in [-0.05, 0) is 182 Å². The Labute approximate surface area is 382 Å². The van der Waals surface area contributed by atoms with E-state index in [9.17, 15) is 0 Å². The monoisotopic (exact) mass is 829 g/mol. The van der Waals surface area contributed by atoms with Gasteiger partial charge in [0.15, 0.2) is 0 Å². The van der Waals surface area contributed by atoms with Gasteiger partial charge in [-0.25, -0.2) is 0 Å². The molecule has 0 nitrogen and oxygen atoms in total. The van der Waals surface area contributed by atoms with Crippen molar-refractivity contribution in [3.63, 3.8) is 0 Å². The average Bonchev–Trinajstić information content (AvgIpc) is 3.35. The molecule has 3 aliphatic carbocycles. The Kier molecular flexibility index (Phi) is 16.8. The normalized spacial score (nSPS) is 19.6. The van der Waals surface area contributed by atoms with Crippen molar-refractivity contribution in [2.45, 2.75) is 118 Å². The standard InChI is InChI=1S/C63H72/c1-6-21-50(38-39-56(48(4)7-2)40-47(3)36-37-49(5)55-30-18-31-57(43-55)52-24-11-8-12-25-52)22-17-23-51-41-62(60-34-19-32-58(44-60)53-26-13-9-14-27-53)46-63(42-51)61-35-20-33-59(45-61)54-28-15-10-16-29-54/h9-11,13-19,21-22,24-32,34-37,41,43-44,46,48,51,56,59H,6-8,12,20,23,33,38-40,42,45H2,1-5H3/b22-17-,47-36+,49-37+,50-21+/t48-,51?,56?,59?/m1/s1. The number of hydrogen-bond acceptors (Lipinski definition) is 0. The van der Waals surface area contributed by atoms with Gasteiger partial charge < -0.3 is 0 Å². The first kappa shape index (κ1) is 45.6. The largest absolute Gasteiger partial charge is 0.0837 e. The van der Waals surface area contributed by atoms with Crippen LogP contribution in [0, 0.1) is 17.8 Å². The summed E-state index contributed by atoms with van der Waals surface area (Å²) in [7, 11) is 0. The summed E-state index contributed by atoms with van der Waals surface area (Å²) in [6.07, 6.45) is 40.5. The molecule has 0 bridgehead atoms. The quantitative estimate of drug-likeness (QED) is 0.0877. The molecule has 0 N–H and O–H groups in total. The maximum atomic E-state index is 2.58. The van der Waals surface area contributed by atoms with Gasteiger partial charge >= 0.3 is 0 Å². The second kappa shape index (κ2) is 23.3. The first-order valence-corrected chi connectivity index (χ1v) is 24.4. The topological polar surface area (TPSA) is 0 Å². The molecule has 0 amide bonds. The second-order valence-corrected chi connectivity index (χ2v) is 18.6. The first-order valence-electron chi connectivity index (χ1n) is 24.4. The van der Waals surface area contributed by atoms with E-state index >= 15 is 0 Å². The van der Waals surface area contributed by atoms with Crippen molar-refractivity contribution in [2.75, 3.05) is 0 Å². The van der Waals surface area contributed by atoms with E-state index in [4.69, 9.17) is 0 Å². The predicted octanol–water partition coefficient (Wildman–Crippen LogP) is 18.5. The lowest BCUT2D eigenvalue weighted by atomic mass is 9.76. The zero-order valence-electron chi connectivity index (χ0n) is 39.0. The molecule has 0 fully saturated rings. The smallest absolute Gasteiger partial charge is 0.0119 e. The molecule has 3 unspecified atom stereocenters. The van der Waals surface area contributed by atoms with E-state index in [0.717, 1.165) is 57.8 Å². The van der Waals surface area contributed by atoms with E-state index in [-0.39, 0.29) is 0 Å².